The maximum atomic E-state index is 12.2. The molecule has 5 N–H and O–H groups in total. The van der Waals surface area contributed by atoms with Gasteiger partial charge in [-0.3, -0.25) is 9.59 Å². The summed E-state index contributed by atoms with van der Waals surface area (Å²) >= 11 is 0. The average Bonchev–Trinajstić information content (AvgIpc) is 2.66. The maximum Gasteiger partial charge on any atom is 0.309 e. The number of rotatable bonds is 10. The minimum Gasteiger partial charge on any atom is -0.481 e. The Morgan fingerprint density at radius 2 is 1.80 bits per heavy atom. The molecule has 0 amide bonds. The molecular weight excluding hydrogens is 400 g/mol. The third-order valence-electron chi connectivity index (χ3n) is 4.66. The Balaban J connectivity index is 1.98. The number of hydrogen-bond acceptors (Lipinski definition) is 9. The fourth-order valence-electron chi connectivity index (χ4n) is 3.16. The van der Waals surface area contributed by atoms with E-state index in [4.69, 9.17) is 19.3 Å². The topological polar surface area (TPSA) is 163 Å². The number of aliphatic carboxylic acids is 1. The highest BCUT2D eigenvalue weighted by atomic mass is 16.7. The van der Waals surface area contributed by atoms with Gasteiger partial charge in [-0.05, 0) is 18.9 Å². The monoisotopic (exact) mass is 428 g/mol. The van der Waals surface area contributed by atoms with E-state index >= 15 is 0 Å². The lowest BCUT2D eigenvalue weighted by atomic mass is 9.97. The van der Waals surface area contributed by atoms with Gasteiger partial charge in [-0.1, -0.05) is 30.3 Å². The standard InChI is InChI=1S/C20H28O10/c1-20(27,9-14(22)23)10-15(24)30-18-16(25)13(11-21)29-19(17(18)26)28-8-7-12-5-3-2-4-6-12/h2-6,13,16-19,21,25-27H,7-11H2,1H3,(H,22,23)/t13-,16-,17-,18+,19-,20?/m0/s1. The van der Waals surface area contributed by atoms with Gasteiger partial charge in [0.25, 0.3) is 0 Å². The fourth-order valence-corrected chi connectivity index (χ4v) is 3.16. The SMILES string of the molecule is CC(O)(CC(=O)O)CC(=O)O[C@H]1[C@H](O)[C@@H](OCCc2ccccc2)O[C@@H](CO)[C@@H]1O. The fraction of sp³-hybridized carbons (Fsp3) is 0.600. The van der Waals surface area contributed by atoms with Gasteiger partial charge >= 0.3 is 11.9 Å². The highest BCUT2D eigenvalue weighted by Crippen LogP contribution is 2.26. The number of ether oxygens (including phenoxy) is 3. The zero-order valence-corrected chi connectivity index (χ0v) is 16.6. The molecule has 0 saturated carbocycles. The van der Waals surface area contributed by atoms with Gasteiger partial charge in [0.15, 0.2) is 12.4 Å². The molecule has 1 aromatic rings. The molecule has 0 radical (unpaired) electrons. The highest BCUT2D eigenvalue weighted by Gasteiger charge is 2.47. The van der Waals surface area contributed by atoms with Crippen molar-refractivity contribution in [1.82, 2.24) is 0 Å². The second-order valence-electron chi connectivity index (χ2n) is 7.51. The maximum absolute atomic E-state index is 12.2. The van der Waals surface area contributed by atoms with Crippen molar-refractivity contribution in [2.24, 2.45) is 0 Å². The lowest BCUT2D eigenvalue weighted by Crippen LogP contribution is -2.60. The van der Waals surface area contributed by atoms with E-state index in [-0.39, 0.29) is 6.61 Å². The quantitative estimate of drug-likeness (QED) is 0.299. The molecule has 1 aromatic carbocycles. The summed E-state index contributed by atoms with van der Waals surface area (Å²) in [6.45, 7) is 0.705. The van der Waals surface area contributed by atoms with Gasteiger partial charge < -0.3 is 39.7 Å². The Labute approximate surface area is 173 Å². The van der Waals surface area contributed by atoms with Gasteiger partial charge in [0.2, 0.25) is 0 Å². The van der Waals surface area contributed by atoms with Crippen molar-refractivity contribution in [2.75, 3.05) is 13.2 Å². The van der Waals surface area contributed by atoms with Crippen molar-refractivity contribution < 1.29 is 49.3 Å². The number of aliphatic hydroxyl groups is 4. The summed E-state index contributed by atoms with van der Waals surface area (Å²) in [5, 5.41) is 49.0. The van der Waals surface area contributed by atoms with Crippen LogP contribution in [0, 0.1) is 0 Å². The van der Waals surface area contributed by atoms with E-state index in [1.54, 1.807) is 0 Å². The van der Waals surface area contributed by atoms with Gasteiger partial charge in [0.05, 0.1) is 31.7 Å². The predicted octanol–water partition coefficient (Wildman–Crippen LogP) is -0.788. The smallest absolute Gasteiger partial charge is 0.309 e. The van der Waals surface area contributed by atoms with Crippen LogP contribution in [-0.2, 0) is 30.2 Å². The Morgan fingerprint density at radius 3 is 2.40 bits per heavy atom. The number of carboxylic acid groups (broad SMARTS) is 1. The van der Waals surface area contributed by atoms with E-state index in [0.29, 0.717) is 6.42 Å². The second kappa shape index (κ2) is 10.8. The van der Waals surface area contributed by atoms with E-state index in [2.05, 4.69) is 0 Å². The molecule has 1 aliphatic heterocycles. The molecular formula is C20H28O10. The highest BCUT2D eigenvalue weighted by molar-refractivity contribution is 5.74. The van der Waals surface area contributed by atoms with Crippen molar-refractivity contribution in [2.45, 2.75) is 62.5 Å². The van der Waals surface area contributed by atoms with Crippen LogP contribution in [0.5, 0.6) is 0 Å². The molecule has 0 aliphatic carbocycles. The predicted molar refractivity (Wildman–Crippen MR) is 101 cm³/mol. The number of esters is 1. The summed E-state index contributed by atoms with van der Waals surface area (Å²) in [5.74, 6) is -2.32. The molecule has 1 aliphatic rings. The Kier molecular flexibility index (Phi) is 8.71. The third-order valence-corrected chi connectivity index (χ3v) is 4.66. The Hall–Kier alpha value is -2.08. The number of carbonyl (C=O) groups excluding carboxylic acids is 1. The normalized spacial score (nSPS) is 28.5. The molecule has 30 heavy (non-hydrogen) atoms. The summed E-state index contributed by atoms with van der Waals surface area (Å²) in [6, 6.07) is 9.41. The first-order valence-corrected chi connectivity index (χ1v) is 9.54. The molecule has 168 valence electrons. The van der Waals surface area contributed by atoms with E-state index in [9.17, 15) is 30.0 Å². The summed E-state index contributed by atoms with van der Waals surface area (Å²) in [4.78, 5) is 22.9. The number of hydrogen-bond donors (Lipinski definition) is 5. The number of aliphatic hydroxyl groups excluding tert-OH is 3. The number of carboxylic acids is 1. The van der Waals surface area contributed by atoms with Crippen LogP contribution < -0.4 is 0 Å². The van der Waals surface area contributed by atoms with Gasteiger partial charge in [0.1, 0.15) is 18.3 Å². The average molecular weight is 428 g/mol. The summed E-state index contributed by atoms with van der Waals surface area (Å²) in [7, 11) is 0. The second-order valence-corrected chi connectivity index (χ2v) is 7.51. The molecule has 1 heterocycles. The lowest BCUT2D eigenvalue weighted by molar-refractivity contribution is -0.303. The van der Waals surface area contributed by atoms with E-state index in [1.807, 2.05) is 30.3 Å². The van der Waals surface area contributed by atoms with Gasteiger partial charge in [-0.2, -0.15) is 0 Å². The van der Waals surface area contributed by atoms with Crippen molar-refractivity contribution in [3.63, 3.8) is 0 Å². The molecule has 1 saturated heterocycles. The lowest BCUT2D eigenvalue weighted by Gasteiger charge is -2.41. The van der Waals surface area contributed by atoms with Crippen molar-refractivity contribution in [3.8, 4) is 0 Å². The minimum absolute atomic E-state index is 0.161. The van der Waals surface area contributed by atoms with Crippen LogP contribution in [-0.4, -0.2) is 87.0 Å². The molecule has 1 fully saturated rings. The van der Waals surface area contributed by atoms with Crippen molar-refractivity contribution >= 4 is 11.9 Å². The van der Waals surface area contributed by atoms with Crippen LogP contribution in [0.3, 0.4) is 0 Å². The summed E-state index contributed by atoms with van der Waals surface area (Å²) in [6.07, 6.45) is -7.89. The number of carbonyl (C=O) groups is 2. The first-order chi connectivity index (χ1) is 14.1. The van der Waals surface area contributed by atoms with Crippen LogP contribution in [0.15, 0.2) is 30.3 Å². The van der Waals surface area contributed by atoms with Crippen LogP contribution in [0.4, 0.5) is 0 Å². The molecule has 1 unspecified atom stereocenters. The van der Waals surface area contributed by atoms with E-state index in [0.717, 1.165) is 12.5 Å². The van der Waals surface area contributed by atoms with Gasteiger partial charge in [-0.25, -0.2) is 0 Å². The summed E-state index contributed by atoms with van der Waals surface area (Å²) in [5.41, 5.74) is -0.878. The Morgan fingerprint density at radius 1 is 1.13 bits per heavy atom. The first-order valence-electron chi connectivity index (χ1n) is 9.54. The van der Waals surface area contributed by atoms with E-state index < -0.39 is 67.7 Å². The zero-order chi connectivity index (χ0) is 22.3. The van der Waals surface area contributed by atoms with Crippen LogP contribution >= 0.6 is 0 Å². The molecule has 0 bridgehead atoms. The van der Waals surface area contributed by atoms with Gasteiger partial charge in [0, 0.05) is 0 Å². The van der Waals surface area contributed by atoms with Gasteiger partial charge in [-0.15, -0.1) is 0 Å². The van der Waals surface area contributed by atoms with Crippen molar-refractivity contribution in [3.05, 3.63) is 35.9 Å². The van der Waals surface area contributed by atoms with E-state index in [1.165, 1.54) is 0 Å². The molecule has 0 aromatic heterocycles. The van der Waals surface area contributed by atoms with Crippen LogP contribution in [0.1, 0.15) is 25.3 Å². The molecule has 10 heteroatoms. The minimum atomic E-state index is -1.87. The van der Waals surface area contributed by atoms with Crippen LogP contribution in [0.25, 0.3) is 0 Å². The third kappa shape index (κ3) is 7.01. The molecule has 10 nitrogen and oxygen atoms in total. The molecule has 2 rings (SSSR count). The van der Waals surface area contributed by atoms with Crippen molar-refractivity contribution in [1.29, 1.82) is 0 Å². The molecule has 0 spiro atoms. The first kappa shape index (κ1) is 24.2. The zero-order valence-electron chi connectivity index (χ0n) is 16.6. The van der Waals surface area contributed by atoms with Crippen LogP contribution in [0.2, 0.25) is 0 Å². The molecule has 6 atom stereocenters. The number of benzene rings is 1. The Bertz CT molecular complexity index is 692. The largest absolute Gasteiger partial charge is 0.481 e. The summed E-state index contributed by atoms with van der Waals surface area (Å²) < 4.78 is 16.0.